The summed E-state index contributed by atoms with van der Waals surface area (Å²) in [7, 11) is 0. The zero-order chi connectivity index (χ0) is 10.4. The number of carbonyl (C=O) groups excluding carboxylic acids is 1. The molecule has 74 valence electrons. The average molecular weight is 190 g/mol. The summed E-state index contributed by atoms with van der Waals surface area (Å²) in [5.74, 6) is 0.846. The fraction of sp³-hybridized carbons (Fsp3) is 0.250. The van der Waals surface area contributed by atoms with Gasteiger partial charge in [0.2, 0.25) is 0 Å². The molecule has 0 spiro atoms. The van der Waals surface area contributed by atoms with Crippen molar-refractivity contribution >= 4 is 5.78 Å². The van der Waals surface area contributed by atoms with Gasteiger partial charge in [0.05, 0.1) is 0 Å². The number of carbonyl (C=O) groups is 1. The molecule has 0 aliphatic rings. The lowest BCUT2D eigenvalue weighted by molar-refractivity contribution is 0.0988. The van der Waals surface area contributed by atoms with Crippen LogP contribution in [-0.2, 0) is 0 Å². The molecular weight excluding hydrogens is 176 g/mol. The van der Waals surface area contributed by atoms with Gasteiger partial charge in [0.25, 0.3) is 0 Å². The summed E-state index contributed by atoms with van der Waals surface area (Å²) in [5.41, 5.74) is 0.703. The van der Waals surface area contributed by atoms with Crippen LogP contribution in [0.1, 0.15) is 23.7 Å². The minimum Gasteiger partial charge on any atom is -0.490 e. The smallest absolute Gasteiger partial charge is 0.162 e. The van der Waals surface area contributed by atoms with Gasteiger partial charge < -0.3 is 4.74 Å². The maximum absolute atomic E-state index is 11.4. The fourth-order valence-corrected chi connectivity index (χ4v) is 1.12. The van der Waals surface area contributed by atoms with Gasteiger partial charge in [-0.1, -0.05) is 31.7 Å². The van der Waals surface area contributed by atoms with E-state index in [-0.39, 0.29) is 5.78 Å². The monoisotopic (exact) mass is 190 g/mol. The first kappa shape index (κ1) is 10.5. The molecule has 0 atom stereocenters. The summed E-state index contributed by atoms with van der Waals surface area (Å²) in [5, 5.41) is 0. The van der Waals surface area contributed by atoms with Gasteiger partial charge >= 0.3 is 0 Å². The third-order valence-electron chi connectivity index (χ3n) is 1.84. The SMILES string of the molecule is C=CCOc1cccc(C(=O)CC)c1. The number of ketones is 1. The molecule has 0 unspecified atom stereocenters. The van der Waals surface area contributed by atoms with Crippen LogP contribution in [0.3, 0.4) is 0 Å². The van der Waals surface area contributed by atoms with Crippen molar-refractivity contribution in [3.63, 3.8) is 0 Å². The molecule has 14 heavy (non-hydrogen) atoms. The third-order valence-corrected chi connectivity index (χ3v) is 1.84. The summed E-state index contributed by atoms with van der Waals surface area (Å²) in [6.45, 7) is 5.87. The lowest BCUT2D eigenvalue weighted by Gasteiger charge is -2.04. The Bertz CT molecular complexity index is 329. The van der Waals surface area contributed by atoms with Gasteiger partial charge in [-0.05, 0) is 12.1 Å². The molecule has 0 radical (unpaired) electrons. The van der Waals surface area contributed by atoms with Crippen molar-refractivity contribution in [1.82, 2.24) is 0 Å². The highest BCUT2D eigenvalue weighted by Crippen LogP contribution is 2.14. The van der Waals surface area contributed by atoms with Gasteiger partial charge in [0, 0.05) is 12.0 Å². The molecule has 1 aromatic rings. The van der Waals surface area contributed by atoms with Gasteiger partial charge in [0.1, 0.15) is 12.4 Å². The molecule has 2 heteroatoms. The fourth-order valence-electron chi connectivity index (χ4n) is 1.12. The highest BCUT2D eigenvalue weighted by atomic mass is 16.5. The Kier molecular flexibility index (Phi) is 3.92. The van der Waals surface area contributed by atoms with Crippen LogP contribution in [0.5, 0.6) is 5.75 Å². The number of Topliss-reactive ketones (excluding diaryl/α,β-unsaturated/α-hetero) is 1. The quantitative estimate of drug-likeness (QED) is 0.527. The zero-order valence-electron chi connectivity index (χ0n) is 8.32. The minimum atomic E-state index is 0.133. The number of benzene rings is 1. The Labute approximate surface area is 84.2 Å². The van der Waals surface area contributed by atoms with Crippen LogP contribution in [0, 0.1) is 0 Å². The Morgan fingerprint density at radius 2 is 2.36 bits per heavy atom. The Hall–Kier alpha value is -1.57. The minimum absolute atomic E-state index is 0.133. The summed E-state index contributed by atoms with van der Waals surface area (Å²) < 4.78 is 5.32. The van der Waals surface area contributed by atoms with E-state index in [0.717, 1.165) is 0 Å². The van der Waals surface area contributed by atoms with Crippen LogP contribution in [0.15, 0.2) is 36.9 Å². The number of hydrogen-bond acceptors (Lipinski definition) is 2. The second-order valence-corrected chi connectivity index (χ2v) is 2.90. The van der Waals surface area contributed by atoms with Gasteiger partial charge in [-0.15, -0.1) is 0 Å². The van der Waals surface area contributed by atoms with Crippen LogP contribution in [0.25, 0.3) is 0 Å². The van der Waals surface area contributed by atoms with E-state index in [1.165, 1.54) is 0 Å². The lowest BCUT2D eigenvalue weighted by atomic mass is 10.1. The number of hydrogen-bond donors (Lipinski definition) is 0. The predicted molar refractivity (Wildman–Crippen MR) is 56.8 cm³/mol. The van der Waals surface area contributed by atoms with Crippen molar-refractivity contribution in [2.75, 3.05) is 6.61 Å². The van der Waals surface area contributed by atoms with Gasteiger partial charge in [-0.2, -0.15) is 0 Å². The molecule has 1 rings (SSSR count). The van der Waals surface area contributed by atoms with E-state index < -0.39 is 0 Å². The maximum atomic E-state index is 11.4. The van der Waals surface area contributed by atoms with Crippen molar-refractivity contribution in [3.8, 4) is 5.75 Å². The summed E-state index contributed by atoms with van der Waals surface area (Å²) >= 11 is 0. The lowest BCUT2D eigenvalue weighted by Crippen LogP contribution is -1.98. The van der Waals surface area contributed by atoms with Crippen molar-refractivity contribution in [1.29, 1.82) is 0 Å². The molecule has 0 aliphatic heterocycles. The number of rotatable bonds is 5. The predicted octanol–water partition coefficient (Wildman–Crippen LogP) is 2.84. The zero-order valence-corrected chi connectivity index (χ0v) is 8.32. The molecule has 0 aromatic heterocycles. The largest absolute Gasteiger partial charge is 0.490 e. The summed E-state index contributed by atoms with van der Waals surface area (Å²) in [4.78, 5) is 11.4. The maximum Gasteiger partial charge on any atom is 0.162 e. The normalized spacial score (nSPS) is 9.50. The van der Waals surface area contributed by atoms with E-state index >= 15 is 0 Å². The van der Waals surface area contributed by atoms with E-state index in [1.54, 1.807) is 18.2 Å². The van der Waals surface area contributed by atoms with E-state index in [4.69, 9.17) is 4.74 Å². The van der Waals surface area contributed by atoms with E-state index in [1.807, 2.05) is 19.1 Å². The Morgan fingerprint density at radius 1 is 1.57 bits per heavy atom. The highest BCUT2D eigenvalue weighted by Gasteiger charge is 2.03. The molecule has 0 fully saturated rings. The first-order chi connectivity index (χ1) is 6.77. The molecule has 1 aromatic carbocycles. The molecular formula is C12H14O2. The molecule has 0 saturated carbocycles. The van der Waals surface area contributed by atoms with E-state index in [0.29, 0.717) is 24.3 Å². The Balaban J connectivity index is 2.78. The van der Waals surface area contributed by atoms with Crippen LogP contribution in [0.2, 0.25) is 0 Å². The van der Waals surface area contributed by atoms with Crippen molar-refractivity contribution in [2.45, 2.75) is 13.3 Å². The van der Waals surface area contributed by atoms with Gasteiger partial charge in [-0.25, -0.2) is 0 Å². The van der Waals surface area contributed by atoms with Crippen LogP contribution >= 0.6 is 0 Å². The second kappa shape index (κ2) is 5.22. The molecule has 0 saturated heterocycles. The van der Waals surface area contributed by atoms with Crippen molar-refractivity contribution < 1.29 is 9.53 Å². The molecule has 2 nitrogen and oxygen atoms in total. The number of ether oxygens (including phenoxy) is 1. The molecule has 0 heterocycles. The summed E-state index contributed by atoms with van der Waals surface area (Å²) in [6, 6.07) is 7.21. The van der Waals surface area contributed by atoms with Crippen LogP contribution in [0.4, 0.5) is 0 Å². The Morgan fingerprint density at radius 3 is 3.00 bits per heavy atom. The van der Waals surface area contributed by atoms with Crippen LogP contribution < -0.4 is 4.74 Å². The summed E-state index contributed by atoms with van der Waals surface area (Å²) in [6.07, 6.45) is 2.19. The van der Waals surface area contributed by atoms with E-state index in [9.17, 15) is 4.79 Å². The molecule has 0 aliphatic carbocycles. The first-order valence-electron chi connectivity index (χ1n) is 4.65. The van der Waals surface area contributed by atoms with Gasteiger partial charge in [0.15, 0.2) is 5.78 Å². The molecule has 0 bridgehead atoms. The first-order valence-corrected chi connectivity index (χ1v) is 4.65. The second-order valence-electron chi connectivity index (χ2n) is 2.90. The molecule has 0 N–H and O–H groups in total. The third kappa shape index (κ3) is 2.73. The topological polar surface area (TPSA) is 26.3 Å². The average Bonchev–Trinajstić information content (AvgIpc) is 2.25. The van der Waals surface area contributed by atoms with Gasteiger partial charge in [-0.3, -0.25) is 4.79 Å². The van der Waals surface area contributed by atoms with Crippen molar-refractivity contribution in [3.05, 3.63) is 42.5 Å². The van der Waals surface area contributed by atoms with Crippen molar-refractivity contribution in [2.24, 2.45) is 0 Å². The standard InChI is InChI=1S/C12H14O2/c1-3-8-14-11-7-5-6-10(9-11)12(13)4-2/h3,5-7,9H,1,4,8H2,2H3. The molecule has 0 amide bonds. The van der Waals surface area contributed by atoms with E-state index in [2.05, 4.69) is 6.58 Å². The highest BCUT2D eigenvalue weighted by molar-refractivity contribution is 5.96. The van der Waals surface area contributed by atoms with Crippen LogP contribution in [-0.4, -0.2) is 12.4 Å².